The lowest BCUT2D eigenvalue weighted by Gasteiger charge is -2.30. The number of rotatable bonds is 2. The summed E-state index contributed by atoms with van der Waals surface area (Å²) < 4.78 is 24.5. The van der Waals surface area contributed by atoms with Crippen LogP contribution in [-0.2, 0) is 14.1 Å². The summed E-state index contributed by atoms with van der Waals surface area (Å²) in [5, 5.41) is 20.4. The molecule has 0 saturated heterocycles. The van der Waals surface area contributed by atoms with Crippen molar-refractivity contribution in [1.29, 1.82) is 0 Å². The van der Waals surface area contributed by atoms with Crippen LogP contribution in [0, 0.1) is 5.82 Å². The summed E-state index contributed by atoms with van der Waals surface area (Å²) in [5.74, 6) is -0.535. The van der Waals surface area contributed by atoms with Crippen LogP contribution in [-0.4, -0.2) is 23.9 Å². The number of halogens is 1. The van der Waals surface area contributed by atoms with Gasteiger partial charge in [-0.2, -0.15) is 0 Å². The van der Waals surface area contributed by atoms with Gasteiger partial charge in [-0.1, -0.05) is 18.2 Å². The summed E-state index contributed by atoms with van der Waals surface area (Å²) in [6, 6.07) is 17.4. The average Bonchev–Trinajstić information content (AvgIpc) is 3.24. The van der Waals surface area contributed by atoms with Gasteiger partial charge in [-0.25, -0.2) is 9.18 Å². The van der Waals surface area contributed by atoms with Crippen molar-refractivity contribution < 1.29 is 19.3 Å². The van der Waals surface area contributed by atoms with Gasteiger partial charge in [0.1, 0.15) is 11.6 Å². The highest BCUT2D eigenvalue weighted by molar-refractivity contribution is 5.98. The van der Waals surface area contributed by atoms with E-state index < -0.39 is 23.2 Å². The number of nitrogens with zero attached hydrogens (tertiary/aromatic N) is 3. The maximum atomic E-state index is 13.9. The number of hydrogen-bond donors (Lipinski definition) is 2. The number of benzene rings is 3. The quantitative estimate of drug-likeness (QED) is 0.372. The van der Waals surface area contributed by atoms with Crippen molar-refractivity contribution in [2.45, 2.75) is 6.10 Å². The molecule has 0 radical (unpaired) electrons. The minimum absolute atomic E-state index is 0.273. The van der Waals surface area contributed by atoms with Crippen molar-refractivity contribution in [2.75, 3.05) is 0 Å². The van der Waals surface area contributed by atoms with E-state index in [-0.39, 0.29) is 16.9 Å². The molecule has 8 nitrogen and oxygen atoms in total. The fourth-order valence-electron chi connectivity index (χ4n) is 4.92. The number of para-hydroxylation sites is 2. The molecule has 2 aromatic heterocycles. The fraction of sp³-hybridized carbons (Fsp3) is 0.111. The monoisotopic (exact) mass is 485 g/mol. The maximum absolute atomic E-state index is 13.9. The number of aromatic nitrogens is 3. The first kappa shape index (κ1) is 21.7. The third kappa shape index (κ3) is 2.92. The Hall–Kier alpha value is -4.79. The summed E-state index contributed by atoms with van der Waals surface area (Å²) >= 11 is 0. The molecule has 6 rings (SSSR count). The van der Waals surface area contributed by atoms with Crippen molar-refractivity contribution in [3.63, 3.8) is 0 Å². The van der Waals surface area contributed by atoms with Crippen molar-refractivity contribution in [3.8, 4) is 34.2 Å². The normalized spacial score (nSPS) is 14.4. The highest BCUT2D eigenvalue weighted by Crippen LogP contribution is 2.47. The summed E-state index contributed by atoms with van der Waals surface area (Å²) in [6.45, 7) is 0. The van der Waals surface area contributed by atoms with Crippen LogP contribution in [0.5, 0.6) is 17.2 Å². The first-order valence-corrected chi connectivity index (χ1v) is 11.2. The Bertz CT molecular complexity index is 1820. The fourth-order valence-corrected chi connectivity index (χ4v) is 4.92. The highest BCUT2D eigenvalue weighted by Gasteiger charge is 2.36. The van der Waals surface area contributed by atoms with Gasteiger partial charge in [0.2, 0.25) is 0 Å². The molecule has 1 atom stereocenters. The van der Waals surface area contributed by atoms with E-state index in [2.05, 4.69) is 0 Å². The molecule has 2 N–H and O–H groups in total. The van der Waals surface area contributed by atoms with Crippen LogP contribution in [0.4, 0.5) is 4.39 Å². The van der Waals surface area contributed by atoms with Crippen LogP contribution in [0.15, 0.2) is 76.3 Å². The highest BCUT2D eigenvalue weighted by atomic mass is 19.1. The van der Waals surface area contributed by atoms with Gasteiger partial charge in [0.25, 0.3) is 5.56 Å². The summed E-state index contributed by atoms with van der Waals surface area (Å²) in [6.07, 6.45) is -0.846. The van der Waals surface area contributed by atoms with Gasteiger partial charge < -0.3 is 19.5 Å². The van der Waals surface area contributed by atoms with Crippen molar-refractivity contribution in [3.05, 3.63) is 105 Å². The van der Waals surface area contributed by atoms with Crippen LogP contribution in [0.3, 0.4) is 0 Å². The Kier molecular flexibility index (Phi) is 4.59. The second-order valence-corrected chi connectivity index (χ2v) is 8.72. The molecule has 3 heterocycles. The molecule has 0 bridgehead atoms. The average molecular weight is 485 g/mol. The lowest BCUT2D eigenvalue weighted by atomic mass is 10.0. The van der Waals surface area contributed by atoms with Crippen LogP contribution >= 0.6 is 0 Å². The molecule has 0 spiro atoms. The molecule has 36 heavy (non-hydrogen) atoms. The van der Waals surface area contributed by atoms with Crippen molar-refractivity contribution in [2.24, 2.45) is 14.1 Å². The van der Waals surface area contributed by atoms with Gasteiger partial charge in [-0.05, 0) is 54.1 Å². The second-order valence-electron chi connectivity index (χ2n) is 8.72. The molecule has 9 heteroatoms. The van der Waals surface area contributed by atoms with E-state index in [9.17, 15) is 24.2 Å². The Morgan fingerprint density at radius 2 is 1.61 bits per heavy atom. The van der Waals surface area contributed by atoms with Crippen LogP contribution in [0.25, 0.3) is 27.8 Å². The molecule has 0 aliphatic carbocycles. The van der Waals surface area contributed by atoms with E-state index in [0.717, 1.165) is 4.57 Å². The van der Waals surface area contributed by atoms with Crippen LogP contribution < -0.4 is 16.0 Å². The summed E-state index contributed by atoms with van der Waals surface area (Å²) in [5.41, 5.74) is 2.03. The molecule has 180 valence electrons. The van der Waals surface area contributed by atoms with Gasteiger partial charge in [0, 0.05) is 19.7 Å². The van der Waals surface area contributed by atoms with E-state index in [0.29, 0.717) is 39.5 Å². The number of phenolic OH excluding ortho intramolecular Hbond substituents is 2. The number of aromatic hydroxyl groups is 2. The first-order valence-electron chi connectivity index (χ1n) is 11.2. The summed E-state index contributed by atoms with van der Waals surface area (Å²) in [7, 11) is 2.99. The number of hydrogen-bond acceptors (Lipinski definition) is 5. The largest absolute Gasteiger partial charge is 0.504 e. The second kappa shape index (κ2) is 7.61. The minimum Gasteiger partial charge on any atom is -0.504 e. The number of fused-ring (bicyclic) bond motifs is 5. The molecule has 0 fully saturated rings. The van der Waals surface area contributed by atoms with E-state index in [1.54, 1.807) is 31.3 Å². The topological polar surface area (TPSA) is 98.6 Å². The molecule has 0 saturated carbocycles. The standard InChI is InChI=1S/C27H20FN3O5/c1-29-23-21(26(34)30(2)27(29)35)22(14-7-10-16(28)11-8-14)31-17-5-3-4-6-20(17)36-25(24(23)31)15-9-12-18(32)19(33)13-15/h3-13,25,32-33H,1-2H3/t25-/m0/s1. The molecule has 5 aromatic rings. The maximum Gasteiger partial charge on any atom is 0.331 e. The predicted octanol–water partition coefficient (Wildman–Crippen LogP) is 3.73. The third-order valence-corrected chi connectivity index (χ3v) is 6.63. The molecule has 0 unspecified atom stereocenters. The van der Waals surface area contributed by atoms with E-state index in [1.165, 1.54) is 35.9 Å². The Morgan fingerprint density at radius 3 is 2.33 bits per heavy atom. The number of phenols is 2. The molecule has 0 amide bonds. The Labute approximate surface area is 203 Å². The Balaban J connectivity index is 1.85. The Morgan fingerprint density at radius 1 is 0.889 bits per heavy atom. The number of ether oxygens (including phenoxy) is 1. The molecule has 3 aromatic carbocycles. The van der Waals surface area contributed by atoms with Crippen molar-refractivity contribution >= 4 is 10.9 Å². The van der Waals surface area contributed by atoms with E-state index in [1.807, 2.05) is 22.8 Å². The molecular weight excluding hydrogens is 465 g/mol. The molecular formula is C27H20FN3O5. The lowest BCUT2D eigenvalue weighted by molar-refractivity contribution is 0.228. The third-order valence-electron chi connectivity index (χ3n) is 6.63. The predicted molar refractivity (Wildman–Crippen MR) is 131 cm³/mol. The van der Waals surface area contributed by atoms with Gasteiger partial charge in [-0.3, -0.25) is 13.9 Å². The first-order chi connectivity index (χ1) is 17.3. The zero-order valence-corrected chi connectivity index (χ0v) is 19.3. The SMILES string of the molecule is Cn1c(=O)c2c(-c3ccc(F)cc3)n3c(c2n(C)c1=O)[C@H](c1ccc(O)c(O)c1)Oc1ccccc1-3. The zero-order chi connectivity index (χ0) is 25.3. The van der Waals surface area contributed by atoms with E-state index >= 15 is 0 Å². The van der Waals surface area contributed by atoms with Crippen molar-refractivity contribution in [1.82, 2.24) is 13.7 Å². The van der Waals surface area contributed by atoms with Gasteiger partial charge >= 0.3 is 5.69 Å². The smallest absolute Gasteiger partial charge is 0.331 e. The van der Waals surface area contributed by atoms with Gasteiger partial charge in [0.15, 0.2) is 17.6 Å². The zero-order valence-electron chi connectivity index (χ0n) is 19.3. The van der Waals surface area contributed by atoms with Gasteiger partial charge in [0.05, 0.1) is 28.0 Å². The lowest BCUT2D eigenvalue weighted by Crippen LogP contribution is -2.37. The van der Waals surface area contributed by atoms with Crippen LogP contribution in [0.2, 0.25) is 0 Å². The summed E-state index contributed by atoms with van der Waals surface area (Å²) in [4.78, 5) is 26.6. The molecule has 1 aliphatic rings. The molecule has 1 aliphatic heterocycles. The van der Waals surface area contributed by atoms with Crippen LogP contribution in [0.1, 0.15) is 17.4 Å². The number of aryl methyl sites for hydroxylation is 1. The van der Waals surface area contributed by atoms with E-state index in [4.69, 9.17) is 4.74 Å². The van der Waals surface area contributed by atoms with Gasteiger partial charge in [-0.15, -0.1) is 0 Å². The minimum atomic E-state index is -0.846.